The monoisotopic (exact) mass is 299 g/mol. The Hall–Kier alpha value is -2.12. The van der Waals surface area contributed by atoms with E-state index in [2.05, 4.69) is 10.6 Å². The number of carbonyl (C=O) groups excluding carboxylic acids is 4. The van der Waals surface area contributed by atoms with Crippen LogP contribution >= 0.6 is 0 Å². The van der Waals surface area contributed by atoms with E-state index in [1.165, 1.54) is 11.8 Å². The lowest BCUT2D eigenvalue weighted by Crippen LogP contribution is -2.47. The fraction of sp³-hybridized carbons (Fsp3) is 0.692. The Morgan fingerprint density at radius 1 is 1.29 bits per heavy atom. The second-order valence-electron chi connectivity index (χ2n) is 5.17. The average molecular weight is 299 g/mol. The number of carbonyl (C=O) groups is 4. The molecule has 0 bridgehead atoms. The largest absolute Gasteiger partial charge is 0.451 e. The van der Waals surface area contributed by atoms with Crippen LogP contribution in [0.15, 0.2) is 0 Å². The van der Waals surface area contributed by atoms with Gasteiger partial charge in [-0.1, -0.05) is 0 Å². The molecule has 0 radical (unpaired) electrons. The molecule has 1 heterocycles. The number of ether oxygens (including phenoxy) is 1. The van der Waals surface area contributed by atoms with Gasteiger partial charge >= 0.3 is 12.0 Å². The Morgan fingerprint density at radius 2 is 1.95 bits per heavy atom. The summed E-state index contributed by atoms with van der Waals surface area (Å²) < 4.78 is 4.90. The predicted octanol–water partition coefficient (Wildman–Crippen LogP) is -0.225. The first-order valence-electron chi connectivity index (χ1n) is 6.88. The molecule has 0 spiro atoms. The van der Waals surface area contributed by atoms with Gasteiger partial charge in [-0.3, -0.25) is 19.7 Å². The number of hydrogen-bond acceptors (Lipinski definition) is 5. The number of rotatable bonds is 5. The van der Waals surface area contributed by atoms with Crippen LogP contribution in [0.2, 0.25) is 0 Å². The summed E-state index contributed by atoms with van der Waals surface area (Å²) in [5.74, 6) is -1.48. The molecule has 1 saturated heterocycles. The Bertz CT molecular complexity index is 436. The van der Waals surface area contributed by atoms with Crippen LogP contribution in [0.1, 0.15) is 33.6 Å². The van der Waals surface area contributed by atoms with Crippen molar-refractivity contribution in [3.8, 4) is 0 Å². The first-order valence-corrected chi connectivity index (χ1v) is 6.88. The number of urea groups is 1. The summed E-state index contributed by atoms with van der Waals surface area (Å²) in [6.07, 6.45) is 0.0454. The first-order chi connectivity index (χ1) is 9.79. The van der Waals surface area contributed by atoms with Crippen molar-refractivity contribution in [1.29, 1.82) is 0 Å². The Kier molecular flexibility index (Phi) is 6.13. The van der Waals surface area contributed by atoms with Crippen molar-refractivity contribution in [3.05, 3.63) is 0 Å². The molecule has 1 rings (SSSR count). The van der Waals surface area contributed by atoms with Gasteiger partial charge in [0, 0.05) is 19.0 Å². The zero-order chi connectivity index (χ0) is 16.0. The van der Waals surface area contributed by atoms with Gasteiger partial charge in [0.25, 0.3) is 5.91 Å². The summed E-state index contributed by atoms with van der Waals surface area (Å²) in [6, 6.07) is -0.760. The van der Waals surface area contributed by atoms with E-state index in [0.29, 0.717) is 13.0 Å². The van der Waals surface area contributed by atoms with Crippen LogP contribution in [0.3, 0.4) is 0 Å². The second-order valence-corrected chi connectivity index (χ2v) is 5.17. The lowest BCUT2D eigenvalue weighted by molar-refractivity contribution is -0.156. The zero-order valence-corrected chi connectivity index (χ0v) is 12.5. The third-order valence-corrected chi connectivity index (χ3v) is 2.83. The van der Waals surface area contributed by atoms with Crippen molar-refractivity contribution in [3.63, 3.8) is 0 Å². The minimum Gasteiger partial charge on any atom is -0.451 e. The minimum absolute atomic E-state index is 0.0969. The van der Waals surface area contributed by atoms with Crippen LogP contribution in [0.4, 0.5) is 4.79 Å². The van der Waals surface area contributed by atoms with Crippen LogP contribution in [-0.2, 0) is 19.1 Å². The highest BCUT2D eigenvalue weighted by molar-refractivity contribution is 5.97. The second kappa shape index (κ2) is 7.61. The molecule has 0 aliphatic carbocycles. The van der Waals surface area contributed by atoms with E-state index < -0.39 is 24.0 Å². The minimum atomic E-state index is -1.10. The molecule has 0 saturated carbocycles. The number of likely N-dealkylation sites (tertiary alicyclic amines) is 1. The summed E-state index contributed by atoms with van der Waals surface area (Å²) in [6.45, 7) is 5.21. The molecule has 0 aromatic rings. The molecule has 1 atom stereocenters. The standard InChI is InChI=1S/C13H21N3O5/c1-8(2)14-13(20)15-12(19)9(3)21-11(18)7-16-6-4-5-10(16)17/h8-9H,4-7H2,1-3H3,(H2,14,15,19,20)/t9-/m0/s1. The molecular weight excluding hydrogens is 278 g/mol. The molecule has 0 aromatic heterocycles. The highest BCUT2D eigenvalue weighted by Crippen LogP contribution is 2.09. The van der Waals surface area contributed by atoms with Gasteiger partial charge in [-0.05, 0) is 27.2 Å². The highest BCUT2D eigenvalue weighted by atomic mass is 16.5. The Labute approximate surface area is 123 Å². The fourth-order valence-corrected chi connectivity index (χ4v) is 1.83. The Morgan fingerprint density at radius 3 is 2.48 bits per heavy atom. The van der Waals surface area contributed by atoms with Crippen LogP contribution in [0.5, 0.6) is 0 Å². The van der Waals surface area contributed by atoms with E-state index in [1.807, 2.05) is 0 Å². The number of hydrogen-bond donors (Lipinski definition) is 2. The molecule has 21 heavy (non-hydrogen) atoms. The van der Waals surface area contributed by atoms with Crippen LogP contribution in [0.25, 0.3) is 0 Å². The quantitative estimate of drug-likeness (QED) is 0.683. The van der Waals surface area contributed by atoms with Gasteiger partial charge in [-0.15, -0.1) is 0 Å². The van der Waals surface area contributed by atoms with E-state index in [4.69, 9.17) is 4.74 Å². The fourth-order valence-electron chi connectivity index (χ4n) is 1.83. The van der Waals surface area contributed by atoms with Crippen molar-refractivity contribution in [1.82, 2.24) is 15.5 Å². The molecule has 4 amide bonds. The molecule has 0 aromatic carbocycles. The third kappa shape index (κ3) is 5.80. The summed E-state index contributed by atoms with van der Waals surface area (Å²) in [4.78, 5) is 47.4. The van der Waals surface area contributed by atoms with Crippen molar-refractivity contribution in [2.24, 2.45) is 0 Å². The molecule has 118 valence electrons. The van der Waals surface area contributed by atoms with E-state index in [9.17, 15) is 19.2 Å². The van der Waals surface area contributed by atoms with E-state index in [1.54, 1.807) is 13.8 Å². The number of nitrogens with one attached hydrogen (secondary N) is 2. The van der Waals surface area contributed by atoms with Crippen LogP contribution in [0, 0.1) is 0 Å². The maximum atomic E-state index is 11.6. The van der Waals surface area contributed by atoms with Gasteiger partial charge in [-0.25, -0.2) is 4.79 Å². The van der Waals surface area contributed by atoms with Gasteiger partial charge in [0.15, 0.2) is 6.10 Å². The normalized spacial score (nSPS) is 15.8. The van der Waals surface area contributed by atoms with Crippen molar-refractivity contribution >= 4 is 23.8 Å². The highest BCUT2D eigenvalue weighted by Gasteiger charge is 2.25. The molecule has 2 N–H and O–H groups in total. The average Bonchev–Trinajstić information content (AvgIpc) is 2.73. The maximum Gasteiger partial charge on any atom is 0.326 e. The molecule has 0 unspecified atom stereocenters. The van der Waals surface area contributed by atoms with Gasteiger partial charge in [0.2, 0.25) is 5.91 Å². The number of esters is 1. The van der Waals surface area contributed by atoms with Crippen molar-refractivity contribution < 1.29 is 23.9 Å². The molecule has 1 aliphatic heterocycles. The summed E-state index contributed by atoms with van der Waals surface area (Å²) in [7, 11) is 0. The lowest BCUT2D eigenvalue weighted by atomic mass is 10.3. The molecule has 1 fully saturated rings. The maximum absolute atomic E-state index is 11.6. The molecule has 8 nitrogen and oxygen atoms in total. The summed E-state index contributed by atoms with van der Waals surface area (Å²) in [5.41, 5.74) is 0. The smallest absolute Gasteiger partial charge is 0.326 e. The topological polar surface area (TPSA) is 105 Å². The Balaban J connectivity index is 2.35. The van der Waals surface area contributed by atoms with E-state index in [-0.39, 0.29) is 18.5 Å². The lowest BCUT2D eigenvalue weighted by Gasteiger charge is -2.17. The van der Waals surface area contributed by atoms with Gasteiger partial charge in [-0.2, -0.15) is 0 Å². The summed E-state index contributed by atoms with van der Waals surface area (Å²) in [5, 5.41) is 4.55. The molecule has 8 heteroatoms. The van der Waals surface area contributed by atoms with Crippen LogP contribution in [-0.4, -0.2) is 54.0 Å². The number of amides is 4. The van der Waals surface area contributed by atoms with Gasteiger partial charge < -0.3 is 15.0 Å². The van der Waals surface area contributed by atoms with Gasteiger partial charge in [0.1, 0.15) is 6.54 Å². The molecule has 1 aliphatic rings. The van der Waals surface area contributed by atoms with E-state index >= 15 is 0 Å². The SMILES string of the molecule is CC(C)NC(=O)NC(=O)[C@H](C)OC(=O)CN1CCCC1=O. The summed E-state index contributed by atoms with van der Waals surface area (Å²) >= 11 is 0. The zero-order valence-electron chi connectivity index (χ0n) is 12.5. The first kappa shape index (κ1) is 16.9. The number of imide groups is 1. The number of nitrogens with zero attached hydrogens (tertiary/aromatic N) is 1. The van der Waals surface area contributed by atoms with Crippen LogP contribution < -0.4 is 10.6 Å². The molecular formula is C13H21N3O5. The van der Waals surface area contributed by atoms with Crippen molar-refractivity contribution in [2.45, 2.75) is 45.8 Å². The third-order valence-electron chi connectivity index (χ3n) is 2.83. The van der Waals surface area contributed by atoms with Gasteiger partial charge in [0.05, 0.1) is 0 Å². The van der Waals surface area contributed by atoms with E-state index in [0.717, 1.165) is 6.42 Å². The predicted molar refractivity (Wildman–Crippen MR) is 73.2 cm³/mol. The van der Waals surface area contributed by atoms with Crippen molar-refractivity contribution in [2.75, 3.05) is 13.1 Å².